The van der Waals surface area contributed by atoms with Crippen LogP contribution in [0.1, 0.15) is 48.2 Å². The smallest absolute Gasteiger partial charge is 0.273 e. The molecule has 2 N–H and O–H groups in total. The number of benzene rings is 2. The summed E-state index contributed by atoms with van der Waals surface area (Å²) < 4.78 is 32.7. The number of amides is 2. The van der Waals surface area contributed by atoms with E-state index in [9.17, 15) is 23.5 Å². The van der Waals surface area contributed by atoms with Crippen molar-refractivity contribution < 1.29 is 28.0 Å². The number of carbonyl (C=O) groups is 2. The molecule has 0 radical (unpaired) electrons. The molecule has 10 heteroatoms. The quantitative estimate of drug-likeness (QED) is 0.427. The number of likely N-dealkylation sites (tertiary alicyclic amines) is 1. The van der Waals surface area contributed by atoms with Crippen molar-refractivity contribution in [1.82, 2.24) is 20.3 Å². The van der Waals surface area contributed by atoms with Crippen LogP contribution in [0.5, 0.6) is 0 Å². The number of rotatable bonds is 8. The molecular weight excluding hydrogens is 530 g/mol. The van der Waals surface area contributed by atoms with E-state index >= 15 is 0 Å². The minimum Gasteiger partial charge on any atom is -0.391 e. The van der Waals surface area contributed by atoms with Crippen molar-refractivity contribution in [2.45, 2.75) is 56.7 Å². The van der Waals surface area contributed by atoms with E-state index in [4.69, 9.17) is 4.52 Å². The molecule has 8 nitrogen and oxygen atoms in total. The normalized spacial score (nSPS) is 23.2. The zero-order chi connectivity index (χ0) is 28.9. The molecule has 0 bridgehead atoms. The molecule has 2 aliphatic rings. The van der Waals surface area contributed by atoms with Crippen molar-refractivity contribution in [2.75, 3.05) is 26.7 Å². The third-order valence-electron chi connectivity index (χ3n) is 8.34. The Bertz CT molecular complexity index is 1350. The first-order chi connectivity index (χ1) is 19.8. The molecule has 1 saturated carbocycles. The second-order valence-corrected chi connectivity index (χ2v) is 11.1. The molecule has 5 rings (SSSR count). The van der Waals surface area contributed by atoms with E-state index in [0.29, 0.717) is 32.5 Å². The van der Waals surface area contributed by atoms with Gasteiger partial charge in [0.15, 0.2) is 11.5 Å². The maximum atomic E-state index is 14.2. The number of piperidine rings is 1. The van der Waals surface area contributed by atoms with E-state index in [-0.39, 0.29) is 29.0 Å². The second-order valence-electron chi connectivity index (χ2n) is 11.1. The van der Waals surface area contributed by atoms with Crippen molar-refractivity contribution in [2.24, 2.45) is 5.92 Å². The summed E-state index contributed by atoms with van der Waals surface area (Å²) in [5.41, 5.74) is 1.06. The summed E-state index contributed by atoms with van der Waals surface area (Å²) in [5.74, 6) is -2.68. The minimum absolute atomic E-state index is 0.00188. The van der Waals surface area contributed by atoms with Gasteiger partial charge >= 0.3 is 0 Å². The molecule has 218 valence electrons. The fourth-order valence-corrected chi connectivity index (χ4v) is 5.99. The van der Waals surface area contributed by atoms with Gasteiger partial charge in [-0.3, -0.25) is 14.5 Å². The Labute approximate surface area is 238 Å². The minimum atomic E-state index is -0.824. The molecule has 1 aliphatic carbocycles. The number of halogens is 2. The standard InChI is InChI=1S/C31H36F2N4O4/c1-36(15-13-20-7-3-2-4-8-20)31(40)23-19-37(27-9-5-6-10-28(27)38)16-14-25(23)34-30(39)26-18-29(41-35-26)22-12-11-21(32)17-24(22)33/h2-4,7-8,11-12,17-18,23,25,27-28,38H,5-6,9-10,13-16,19H2,1H3,(H,34,39)/t23-,25-,27?,28?/m1/s1. The first-order valence-electron chi connectivity index (χ1n) is 14.2. The van der Waals surface area contributed by atoms with Crippen LogP contribution in [0.2, 0.25) is 0 Å². The highest BCUT2D eigenvalue weighted by Crippen LogP contribution is 2.29. The molecule has 2 amide bonds. The van der Waals surface area contributed by atoms with Gasteiger partial charge in [-0.25, -0.2) is 8.78 Å². The Morgan fingerprint density at radius 1 is 1.10 bits per heavy atom. The third-order valence-corrected chi connectivity index (χ3v) is 8.34. The molecule has 2 aromatic carbocycles. The monoisotopic (exact) mass is 566 g/mol. The van der Waals surface area contributed by atoms with Crippen molar-refractivity contribution in [3.63, 3.8) is 0 Å². The summed E-state index contributed by atoms with van der Waals surface area (Å²) in [6.45, 7) is 1.59. The van der Waals surface area contributed by atoms with Gasteiger partial charge in [0.25, 0.3) is 5.91 Å². The van der Waals surface area contributed by atoms with Crippen molar-refractivity contribution >= 4 is 11.8 Å². The summed E-state index contributed by atoms with van der Waals surface area (Å²) in [7, 11) is 1.78. The third kappa shape index (κ3) is 6.82. The van der Waals surface area contributed by atoms with Crippen LogP contribution >= 0.6 is 0 Å². The predicted octanol–water partition coefficient (Wildman–Crippen LogP) is 4.04. The second kappa shape index (κ2) is 12.9. The maximum Gasteiger partial charge on any atom is 0.273 e. The lowest BCUT2D eigenvalue weighted by atomic mass is 9.85. The molecule has 1 aliphatic heterocycles. The van der Waals surface area contributed by atoms with Gasteiger partial charge in [0.05, 0.1) is 17.6 Å². The Balaban J connectivity index is 1.30. The number of carbonyl (C=O) groups excluding carboxylic acids is 2. The van der Waals surface area contributed by atoms with Gasteiger partial charge in [-0.05, 0) is 43.4 Å². The van der Waals surface area contributed by atoms with Crippen LogP contribution in [-0.4, -0.2) is 76.7 Å². The Hall–Kier alpha value is -3.63. The van der Waals surface area contributed by atoms with Gasteiger partial charge < -0.3 is 19.8 Å². The van der Waals surface area contributed by atoms with Crippen molar-refractivity contribution in [3.8, 4) is 11.3 Å². The van der Waals surface area contributed by atoms with E-state index in [2.05, 4.69) is 15.4 Å². The van der Waals surface area contributed by atoms with E-state index in [0.717, 1.165) is 43.4 Å². The maximum absolute atomic E-state index is 14.2. The molecule has 41 heavy (non-hydrogen) atoms. The Morgan fingerprint density at radius 2 is 1.88 bits per heavy atom. The summed E-state index contributed by atoms with van der Waals surface area (Å²) in [4.78, 5) is 30.9. The molecule has 2 unspecified atom stereocenters. The van der Waals surface area contributed by atoms with Crippen LogP contribution < -0.4 is 5.32 Å². The summed E-state index contributed by atoms with van der Waals surface area (Å²) in [6, 6.07) is 13.8. The average molecular weight is 567 g/mol. The highest BCUT2D eigenvalue weighted by molar-refractivity contribution is 5.94. The number of nitrogens with zero attached hydrogens (tertiary/aromatic N) is 3. The predicted molar refractivity (Wildman–Crippen MR) is 149 cm³/mol. The fourth-order valence-electron chi connectivity index (χ4n) is 5.99. The van der Waals surface area contributed by atoms with Crippen molar-refractivity contribution in [1.29, 1.82) is 0 Å². The number of aromatic nitrogens is 1. The molecule has 1 aromatic heterocycles. The molecule has 4 atom stereocenters. The number of nitrogens with one attached hydrogen (secondary N) is 1. The lowest BCUT2D eigenvalue weighted by Crippen LogP contribution is -2.59. The zero-order valence-corrected chi connectivity index (χ0v) is 23.1. The summed E-state index contributed by atoms with van der Waals surface area (Å²) in [5, 5.41) is 17.5. The highest BCUT2D eigenvalue weighted by atomic mass is 19.1. The first kappa shape index (κ1) is 28.9. The highest BCUT2D eigenvalue weighted by Gasteiger charge is 2.41. The van der Waals surface area contributed by atoms with Crippen LogP contribution in [0.15, 0.2) is 59.1 Å². The fraction of sp³-hybridized carbons (Fsp3) is 0.452. The van der Waals surface area contributed by atoms with Gasteiger partial charge in [-0.2, -0.15) is 0 Å². The first-order valence-corrected chi connectivity index (χ1v) is 14.2. The largest absolute Gasteiger partial charge is 0.391 e. The summed E-state index contributed by atoms with van der Waals surface area (Å²) in [6.07, 6.45) is 4.47. The van der Waals surface area contributed by atoms with E-state index in [1.807, 2.05) is 30.3 Å². The molecule has 2 fully saturated rings. The Kier molecular flexibility index (Phi) is 9.09. The van der Waals surface area contributed by atoms with Crippen molar-refractivity contribution in [3.05, 3.63) is 77.5 Å². The molecule has 0 spiro atoms. The number of aliphatic hydroxyl groups excluding tert-OH is 1. The number of likely N-dealkylation sites (N-methyl/N-ethyl adjacent to an activating group) is 1. The summed E-state index contributed by atoms with van der Waals surface area (Å²) >= 11 is 0. The SMILES string of the molecule is CN(CCc1ccccc1)C(=O)[C@@H]1CN(C2CCCCC2O)CC[C@H]1NC(=O)c1cc(-c2ccc(F)cc2F)on1. The molecule has 1 saturated heterocycles. The van der Waals surface area contributed by atoms with E-state index in [1.165, 1.54) is 12.1 Å². The number of hydrogen-bond acceptors (Lipinski definition) is 6. The van der Waals surface area contributed by atoms with E-state index < -0.39 is 35.6 Å². The van der Waals surface area contributed by atoms with Crippen LogP contribution in [0.25, 0.3) is 11.3 Å². The number of hydrogen-bond donors (Lipinski definition) is 2. The van der Waals surface area contributed by atoms with Gasteiger partial charge in [0.2, 0.25) is 5.91 Å². The van der Waals surface area contributed by atoms with Gasteiger partial charge in [-0.15, -0.1) is 0 Å². The van der Waals surface area contributed by atoms with Crippen LogP contribution in [0, 0.1) is 17.6 Å². The Morgan fingerprint density at radius 3 is 2.63 bits per heavy atom. The van der Waals surface area contributed by atoms with Crippen LogP contribution in [0.3, 0.4) is 0 Å². The number of aliphatic hydroxyl groups is 1. The molecule has 2 heterocycles. The molecule has 3 aromatic rings. The average Bonchev–Trinajstić information content (AvgIpc) is 3.47. The van der Waals surface area contributed by atoms with Gasteiger partial charge in [0.1, 0.15) is 11.6 Å². The topological polar surface area (TPSA) is 98.9 Å². The van der Waals surface area contributed by atoms with Gasteiger partial charge in [0, 0.05) is 50.9 Å². The van der Waals surface area contributed by atoms with E-state index in [1.54, 1.807) is 11.9 Å². The molecular formula is C31H36F2N4O4. The lowest BCUT2D eigenvalue weighted by Gasteiger charge is -2.45. The van der Waals surface area contributed by atoms with Crippen LogP contribution in [0.4, 0.5) is 8.78 Å². The van der Waals surface area contributed by atoms with Gasteiger partial charge in [-0.1, -0.05) is 48.3 Å². The zero-order valence-electron chi connectivity index (χ0n) is 23.1. The van der Waals surface area contributed by atoms with Crippen LogP contribution in [-0.2, 0) is 11.2 Å². The lowest BCUT2D eigenvalue weighted by molar-refractivity contribution is -0.138.